The smallest absolute Gasteiger partial charge is 0.255 e. The Hall–Kier alpha value is -3.93. The molecule has 4 aromatic rings. The van der Waals surface area contributed by atoms with Gasteiger partial charge in [-0.2, -0.15) is 4.52 Å². The number of amides is 1. The lowest BCUT2D eigenvalue weighted by atomic mass is 9.92. The normalized spacial score (nSPS) is 20.6. The summed E-state index contributed by atoms with van der Waals surface area (Å²) in [5, 5.41) is 4.70. The number of nitrogen functional groups attached to an aromatic ring is 1. The Morgan fingerprint density at radius 3 is 2.70 bits per heavy atom. The maximum Gasteiger partial charge on any atom is 0.255 e. The van der Waals surface area contributed by atoms with Crippen molar-refractivity contribution < 1.29 is 18.3 Å². The maximum atomic E-state index is 14.3. The van der Waals surface area contributed by atoms with Crippen LogP contribution in [-0.4, -0.2) is 74.3 Å². The molecule has 1 aromatic carbocycles. The Balaban J connectivity index is 1.27. The van der Waals surface area contributed by atoms with E-state index in [4.69, 9.17) is 10.5 Å². The molecule has 192 valence electrons. The molecule has 10 nitrogen and oxygen atoms in total. The summed E-state index contributed by atoms with van der Waals surface area (Å²) in [6.45, 7) is 5.27. The van der Waals surface area contributed by atoms with Crippen LogP contribution in [0, 0.1) is 11.6 Å². The van der Waals surface area contributed by atoms with Crippen molar-refractivity contribution in [1.29, 1.82) is 0 Å². The first-order chi connectivity index (χ1) is 17.9. The molecule has 2 fully saturated rings. The molecule has 2 aliphatic heterocycles. The van der Waals surface area contributed by atoms with Gasteiger partial charge >= 0.3 is 0 Å². The monoisotopic (exact) mass is 508 g/mol. The van der Waals surface area contributed by atoms with E-state index < -0.39 is 11.6 Å². The zero-order valence-corrected chi connectivity index (χ0v) is 20.3. The van der Waals surface area contributed by atoms with Crippen LogP contribution in [0.25, 0.3) is 16.6 Å². The minimum absolute atomic E-state index is 0.0236. The number of hydrogen-bond acceptors (Lipinski definition) is 8. The second kappa shape index (κ2) is 9.18. The minimum Gasteiger partial charge on any atom is -0.378 e. The number of likely N-dealkylation sites (tertiary alicyclic amines) is 1. The van der Waals surface area contributed by atoms with E-state index in [9.17, 15) is 13.6 Å². The Labute approximate surface area is 211 Å². The molecule has 37 heavy (non-hydrogen) atoms. The van der Waals surface area contributed by atoms with Crippen LogP contribution in [0.2, 0.25) is 0 Å². The van der Waals surface area contributed by atoms with E-state index in [1.807, 2.05) is 17.9 Å². The maximum absolute atomic E-state index is 14.3. The first-order valence-electron chi connectivity index (χ1n) is 12.3. The predicted molar refractivity (Wildman–Crippen MR) is 132 cm³/mol. The highest BCUT2D eigenvalue weighted by Crippen LogP contribution is 2.31. The van der Waals surface area contributed by atoms with E-state index in [1.54, 1.807) is 12.3 Å². The SMILES string of the molecule is C[C@H]1CC[C@@H](c2nc3c4cc(F)cc(F)c4nc(N)n3n2)CN1C(=O)c1ccc(N2CCOCC2)nc1. The quantitative estimate of drug-likeness (QED) is 0.449. The lowest BCUT2D eigenvalue weighted by Crippen LogP contribution is -2.45. The lowest BCUT2D eigenvalue weighted by Gasteiger charge is -2.37. The molecule has 12 heteroatoms. The number of hydrogen-bond donors (Lipinski definition) is 1. The summed E-state index contributed by atoms with van der Waals surface area (Å²) < 4.78 is 35.0. The van der Waals surface area contributed by atoms with E-state index in [2.05, 4.69) is 25.0 Å². The van der Waals surface area contributed by atoms with Crippen LogP contribution in [0.3, 0.4) is 0 Å². The Bertz CT molecular complexity index is 1490. The number of pyridine rings is 1. The number of morpholine rings is 1. The van der Waals surface area contributed by atoms with Gasteiger partial charge in [0.1, 0.15) is 17.2 Å². The van der Waals surface area contributed by atoms with Crippen LogP contribution < -0.4 is 10.6 Å². The molecule has 1 amide bonds. The van der Waals surface area contributed by atoms with E-state index >= 15 is 0 Å². The third kappa shape index (κ3) is 4.20. The fourth-order valence-corrected chi connectivity index (χ4v) is 5.11. The van der Waals surface area contributed by atoms with Crippen molar-refractivity contribution in [3.63, 3.8) is 0 Å². The number of piperidine rings is 1. The molecule has 2 N–H and O–H groups in total. The van der Waals surface area contributed by atoms with Crippen LogP contribution in [0.1, 0.15) is 41.9 Å². The van der Waals surface area contributed by atoms with E-state index in [0.29, 0.717) is 31.1 Å². The molecule has 0 aliphatic carbocycles. The Morgan fingerprint density at radius 2 is 1.95 bits per heavy atom. The molecule has 0 bridgehead atoms. The molecule has 2 aliphatic rings. The number of nitrogens with zero attached hydrogens (tertiary/aromatic N) is 7. The Morgan fingerprint density at radius 1 is 1.14 bits per heavy atom. The van der Waals surface area contributed by atoms with Crippen molar-refractivity contribution in [3.8, 4) is 0 Å². The molecule has 3 aromatic heterocycles. The van der Waals surface area contributed by atoms with Crippen molar-refractivity contribution in [3.05, 3.63) is 53.5 Å². The highest BCUT2D eigenvalue weighted by Gasteiger charge is 2.33. The summed E-state index contributed by atoms with van der Waals surface area (Å²) in [7, 11) is 0. The van der Waals surface area contributed by atoms with Gasteiger partial charge in [-0.3, -0.25) is 4.79 Å². The van der Waals surface area contributed by atoms with Gasteiger partial charge in [0.2, 0.25) is 5.95 Å². The number of fused-ring (bicyclic) bond motifs is 3. The number of carbonyl (C=O) groups is 1. The number of aromatic nitrogens is 5. The van der Waals surface area contributed by atoms with Gasteiger partial charge in [0.15, 0.2) is 17.3 Å². The fourth-order valence-electron chi connectivity index (χ4n) is 5.11. The van der Waals surface area contributed by atoms with Gasteiger partial charge in [-0.1, -0.05) is 0 Å². The van der Waals surface area contributed by atoms with Crippen LogP contribution in [-0.2, 0) is 4.74 Å². The third-order valence-corrected chi connectivity index (χ3v) is 7.17. The van der Waals surface area contributed by atoms with Gasteiger partial charge < -0.3 is 20.3 Å². The van der Waals surface area contributed by atoms with E-state index in [1.165, 1.54) is 10.6 Å². The topological polar surface area (TPSA) is 115 Å². The fraction of sp³-hybridized carbons (Fsp3) is 0.400. The lowest BCUT2D eigenvalue weighted by molar-refractivity contribution is 0.0605. The molecule has 6 rings (SSSR count). The number of rotatable bonds is 3. The molecule has 5 heterocycles. The molecular weight excluding hydrogens is 482 g/mol. The number of anilines is 2. The summed E-state index contributed by atoms with van der Waals surface area (Å²) in [6, 6.07) is 5.63. The minimum atomic E-state index is -0.815. The predicted octanol–water partition coefficient (Wildman–Crippen LogP) is 2.78. The van der Waals surface area contributed by atoms with E-state index in [0.717, 1.165) is 37.8 Å². The first-order valence-corrected chi connectivity index (χ1v) is 12.3. The number of carbonyl (C=O) groups excluding carboxylic acids is 1. The average molecular weight is 509 g/mol. The van der Waals surface area contributed by atoms with Crippen molar-refractivity contribution in [2.24, 2.45) is 0 Å². The summed E-state index contributed by atoms with van der Waals surface area (Å²) in [5.74, 6) is -0.605. The van der Waals surface area contributed by atoms with Gasteiger partial charge in [0.25, 0.3) is 5.91 Å². The number of nitrogens with two attached hydrogens (primary N) is 1. The molecule has 0 spiro atoms. The summed E-state index contributed by atoms with van der Waals surface area (Å²) >= 11 is 0. The third-order valence-electron chi connectivity index (χ3n) is 7.17. The zero-order valence-electron chi connectivity index (χ0n) is 20.3. The Kier molecular flexibility index (Phi) is 5.82. The highest BCUT2D eigenvalue weighted by atomic mass is 19.1. The van der Waals surface area contributed by atoms with Gasteiger partial charge in [-0.15, -0.1) is 5.10 Å². The van der Waals surface area contributed by atoms with Crippen LogP contribution in [0.4, 0.5) is 20.5 Å². The number of halogens is 2. The van der Waals surface area contributed by atoms with Gasteiger partial charge in [-0.25, -0.2) is 23.7 Å². The van der Waals surface area contributed by atoms with Crippen molar-refractivity contribution >= 4 is 34.2 Å². The largest absolute Gasteiger partial charge is 0.378 e. The second-order valence-corrected chi connectivity index (χ2v) is 9.54. The second-order valence-electron chi connectivity index (χ2n) is 9.54. The molecular formula is C25H26F2N8O2. The standard InChI is InChI=1S/C25H26F2N8O2/c1-14-2-3-16(13-34(14)24(36)15-4-5-20(29-12-15)33-6-8-37-9-7-33)22-31-23-18-10-17(26)11-19(27)21(18)30-25(28)35(23)32-22/h4-5,10-12,14,16H,2-3,6-9,13H2,1H3,(H2,28,30)/t14-,16+/m0/s1. The molecule has 2 atom stereocenters. The zero-order chi connectivity index (χ0) is 25.7. The number of ether oxygens (including phenoxy) is 1. The van der Waals surface area contributed by atoms with Gasteiger partial charge in [0, 0.05) is 43.9 Å². The summed E-state index contributed by atoms with van der Waals surface area (Å²) in [4.78, 5) is 30.5. The summed E-state index contributed by atoms with van der Waals surface area (Å²) in [5.41, 5.74) is 6.70. The molecule has 0 unspecified atom stereocenters. The van der Waals surface area contributed by atoms with E-state index in [-0.39, 0.29) is 40.4 Å². The van der Waals surface area contributed by atoms with Crippen molar-refractivity contribution in [1.82, 2.24) is 29.5 Å². The first kappa shape index (κ1) is 23.5. The summed E-state index contributed by atoms with van der Waals surface area (Å²) in [6.07, 6.45) is 3.13. The van der Waals surface area contributed by atoms with Crippen molar-refractivity contribution in [2.45, 2.75) is 31.7 Å². The van der Waals surface area contributed by atoms with Crippen LogP contribution in [0.15, 0.2) is 30.5 Å². The van der Waals surface area contributed by atoms with Crippen molar-refractivity contribution in [2.75, 3.05) is 43.5 Å². The highest BCUT2D eigenvalue weighted by molar-refractivity contribution is 5.94. The van der Waals surface area contributed by atoms with Gasteiger partial charge in [-0.05, 0) is 38.0 Å². The van der Waals surface area contributed by atoms with Crippen LogP contribution in [0.5, 0.6) is 0 Å². The molecule has 0 radical (unpaired) electrons. The van der Waals surface area contributed by atoms with Gasteiger partial charge in [0.05, 0.1) is 24.2 Å². The molecule has 2 saturated heterocycles. The number of benzene rings is 1. The average Bonchev–Trinajstić information content (AvgIpc) is 3.37. The van der Waals surface area contributed by atoms with Crippen LogP contribution >= 0.6 is 0 Å². The molecule has 0 saturated carbocycles.